The van der Waals surface area contributed by atoms with Crippen LogP contribution in [0.3, 0.4) is 0 Å². The van der Waals surface area contributed by atoms with Crippen LogP contribution in [0.2, 0.25) is 15.1 Å². The van der Waals surface area contributed by atoms with Gasteiger partial charge in [0.1, 0.15) is 0 Å². The first kappa shape index (κ1) is 16.9. The molecule has 0 radical (unpaired) electrons. The van der Waals surface area contributed by atoms with Crippen LogP contribution in [-0.2, 0) is 4.74 Å². The van der Waals surface area contributed by atoms with Crippen molar-refractivity contribution < 1.29 is 9.84 Å². The molecule has 1 rings (SSSR count). The minimum atomic E-state index is -0.651. The number of aliphatic hydroxyl groups is 1. The Hall–Kier alpha value is -0.190. The number of aliphatic hydroxyl groups excluding tert-OH is 1. The van der Waals surface area contributed by atoms with Crippen LogP contribution in [-0.4, -0.2) is 30.0 Å². The SMILES string of the molecule is CC(C)(C)OCC(O)CNc1c(Cl)cc(Cl)cc1Cl. The molecule has 6 heteroatoms. The van der Waals surface area contributed by atoms with E-state index in [1.165, 1.54) is 0 Å². The Balaban J connectivity index is 2.53. The number of halogens is 3. The van der Waals surface area contributed by atoms with Gasteiger partial charge in [-0.05, 0) is 32.9 Å². The van der Waals surface area contributed by atoms with E-state index in [0.717, 1.165) is 0 Å². The second-order valence-electron chi connectivity index (χ2n) is 5.20. The Labute approximate surface area is 128 Å². The average Bonchev–Trinajstić information content (AvgIpc) is 2.23. The Kier molecular flexibility index (Phi) is 6.21. The average molecular weight is 327 g/mol. The van der Waals surface area contributed by atoms with Gasteiger partial charge in [0.2, 0.25) is 0 Å². The van der Waals surface area contributed by atoms with Crippen LogP contribution >= 0.6 is 34.8 Å². The van der Waals surface area contributed by atoms with E-state index < -0.39 is 6.10 Å². The zero-order valence-corrected chi connectivity index (χ0v) is 13.4. The lowest BCUT2D eigenvalue weighted by Crippen LogP contribution is -2.30. The van der Waals surface area contributed by atoms with Crippen LogP contribution in [0.5, 0.6) is 0 Å². The van der Waals surface area contributed by atoms with Gasteiger partial charge >= 0.3 is 0 Å². The van der Waals surface area contributed by atoms with Gasteiger partial charge in [0.25, 0.3) is 0 Å². The van der Waals surface area contributed by atoms with Gasteiger partial charge in [0, 0.05) is 11.6 Å². The fourth-order valence-corrected chi connectivity index (χ4v) is 2.29. The summed E-state index contributed by atoms with van der Waals surface area (Å²) in [4.78, 5) is 0. The lowest BCUT2D eigenvalue weighted by atomic mass is 10.2. The quantitative estimate of drug-likeness (QED) is 0.850. The van der Waals surface area contributed by atoms with E-state index in [0.29, 0.717) is 20.8 Å². The third kappa shape index (κ3) is 6.19. The van der Waals surface area contributed by atoms with Gasteiger partial charge in [0.15, 0.2) is 0 Å². The van der Waals surface area contributed by atoms with E-state index in [2.05, 4.69) is 5.32 Å². The van der Waals surface area contributed by atoms with Crippen LogP contribution in [0.25, 0.3) is 0 Å². The summed E-state index contributed by atoms with van der Waals surface area (Å²) in [5.74, 6) is 0. The molecule has 3 nitrogen and oxygen atoms in total. The summed E-state index contributed by atoms with van der Waals surface area (Å²) in [7, 11) is 0. The van der Waals surface area contributed by atoms with Gasteiger partial charge in [-0.1, -0.05) is 34.8 Å². The summed E-state index contributed by atoms with van der Waals surface area (Å²) in [6, 6.07) is 3.19. The van der Waals surface area contributed by atoms with Gasteiger partial charge in [-0.25, -0.2) is 0 Å². The van der Waals surface area contributed by atoms with Crippen LogP contribution in [0, 0.1) is 0 Å². The number of hydrogen-bond donors (Lipinski definition) is 2. The first-order chi connectivity index (χ1) is 8.69. The van der Waals surface area contributed by atoms with Crippen LogP contribution in [0.4, 0.5) is 5.69 Å². The lowest BCUT2D eigenvalue weighted by molar-refractivity contribution is -0.0449. The van der Waals surface area contributed by atoms with Gasteiger partial charge < -0.3 is 15.2 Å². The summed E-state index contributed by atoms with van der Waals surface area (Å²) in [5, 5.41) is 14.1. The lowest BCUT2D eigenvalue weighted by Gasteiger charge is -2.22. The Bertz CT molecular complexity index is 409. The Morgan fingerprint density at radius 3 is 2.21 bits per heavy atom. The molecule has 0 saturated heterocycles. The number of hydrogen-bond acceptors (Lipinski definition) is 3. The third-order valence-electron chi connectivity index (χ3n) is 2.23. The molecule has 1 aromatic carbocycles. The molecule has 0 aliphatic carbocycles. The predicted octanol–water partition coefficient (Wildman–Crippen LogP) is 4.23. The smallest absolute Gasteiger partial charge is 0.0945 e. The maximum absolute atomic E-state index is 9.81. The first-order valence-corrected chi connectivity index (χ1v) is 7.03. The molecule has 1 aromatic rings. The normalized spacial score (nSPS) is 13.4. The molecule has 0 spiro atoms. The molecule has 0 amide bonds. The number of nitrogens with one attached hydrogen (secondary N) is 1. The van der Waals surface area contributed by atoms with Crippen molar-refractivity contribution in [3.8, 4) is 0 Å². The third-order valence-corrected chi connectivity index (χ3v) is 3.04. The van der Waals surface area contributed by atoms with Crippen molar-refractivity contribution in [3.05, 3.63) is 27.2 Å². The summed E-state index contributed by atoms with van der Waals surface area (Å²) in [6.45, 7) is 6.32. The molecule has 0 saturated carbocycles. The molecule has 0 fully saturated rings. The molecule has 0 bridgehead atoms. The number of rotatable bonds is 5. The standard InChI is InChI=1S/C13H18Cl3NO2/c1-13(2,3)19-7-9(18)6-17-12-10(15)4-8(14)5-11(12)16/h4-5,9,17-18H,6-7H2,1-3H3. The van der Waals surface area contributed by atoms with E-state index in [4.69, 9.17) is 39.5 Å². The number of benzene rings is 1. The van der Waals surface area contributed by atoms with E-state index >= 15 is 0 Å². The fraction of sp³-hybridized carbons (Fsp3) is 0.538. The van der Waals surface area contributed by atoms with Crippen molar-refractivity contribution in [2.24, 2.45) is 0 Å². The molecule has 19 heavy (non-hydrogen) atoms. The Morgan fingerprint density at radius 1 is 1.21 bits per heavy atom. The monoisotopic (exact) mass is 325 g/mol. The van der Waals surface area contributed by atoms with E-state index in [9.17, 15) is 5.11 Å². The van der Waals surface area contributed by atoms with Crippen molar-refractivity contribution >= 4 is 40.5 Å². The van der Waals surface area contributed by atoms with Crippen LogP contribution in [0.15, 0.2) is 12.1 Å². The summed E-state index contributed by atoms with van der Waals surface area (Å²) < 4.78 is 5.48. The second kappa shape index (κ2) is 7.00. The maximum Gasteiger partial charge on any atom is 0.0945 e. The predicted molar refractivity (Wildman–Crippen MR) is 81.7 cm³/mol. The zero-order chi connectivity index (χ0) is 14.6. The van der Waals surface area contributed by atoms with Gasteiger partial charge in [-0.3, -0.25) is 0 Å². The van der Waals surface area contributed by atoms with Crippen molar-refractivity contribution in [1.29, 1.82) is 0 Å². The second-order valence-corrected chi connectivity index (χ2v) is 6.45. The molecule has 1 unspecified atom stereocenters. The molecule has 2 N–H and O–H groups in total. The fourth-order valence-electron chi connectivity index (χ4n) is 1.34. The molecule has 0 aliphatic rings. The van der Waals surface area contributed by atoms with Crippen molar-refractivity contribution in [2.45, 2.75) is 32.5 Å². The maximum atomic E-state index is 9.81. The summed E-state index contributed by atoms with van der Waals surface area (Å²) >= 11 is 17.9. The molecule has 0 aromatic heterocycles. The molecule has 0 heterocycles. The molecule has 0 aliphatic heterocycles. The van der Waals surface area contributed by atoms with E-state index in [1.54, 1.807) is 12.1 Å². The minimum absolute atomic E-state index is 0.235. The molecule has 1 atom stereocenters. The highest BCUT2D eigenvalue weighted by Gasteiger charge is 2.14. The van der Waals surface area contributed by atoms with Gasteiger partial charge in [-0.15, -0.1) is 0 Å². The van der Waals surface area contributed by atoms with Crippen molar-refractivity contribution in [2.75, 3.05) is 18.5 Å². The van der Waals surface area contributed by atoms with Crippen LogP contribution in [0.1, 0.15) is 20.8 Å². The highest BCUT2D eigenvalue weighted by Crippen LogP contribution is 2.33. The van der Waals surface area contributed by atoms with Crippen LogP contribution < -0.4 is 5.32 Å². The Morgan fingerprint density at radius 2 is 1.74 bits per heavy atom. The summed E-state index contributed by atoms with van der Waals surface area (Å²) in [5.41, 5.74) is 0.277. The number of anilines is 1. The zero-order valence-electron chi connectivity index (χ0n) is 11.1. The highest BCUT2D eigenvalue weighted by atomic mass is 35.5. The highest BCUT2D eigenvalue weighted by molar-refractivity contribution is 6.41. The van der Waals surface area contributed by atoms with Gasteiger partial charge in [-0.2, -0.15) is 0 Å². The van der Waals surface area contributed by atoms with Crippen molar-refractivity contribution in [3.63, 3.8) is 0 Å². The minimum Gasteiger partial charge on any atom is -0.389 e. The largest absolute Gasteiger partial charge is 0.389 e. The summed E-state index contributed by atoms with van der Waals surface area (Å²) in [6.07, 6.45) is -0.651. The van der Waals surface area contributed by atoms with E-state index in [-0.39, 0.29) is 18.8 Å². The van der Waals surface area contributed by atoms with E-state index in [1.807, 2.05) is 20.8 Å². The topological polar surface area (TPSA) is 41.5 Å². The first-order valence-electron chi connectivity index (χ1n) is 5.89. The van der Waals surface area contributed by atoms with Crippen molar-refractivity contribution in [1.82, 2.24) is 0 Å². The molecule has 108 valence electrons. The van der Waals surface area contributed by atoms with Gasteiger partial charge in [0.05, 0.1) is 34.0 Å². The molecular weight excluding hydrogens is 309 g/mol. The number of ether oxygens (including phenoxy) is 1. The molecular formula is C13H18Cl3NO2.